The number of unbranched alkanes of at least 4 members (excludes halogenated alkanes) is 1. The zero-order valence-corrected chi connectivity index (χ0v) is 11.9. The summed E-state index contributed by atoms with van der Waals surface area (Å²) in [6, 6.07) is 3.36. The molecule has 0 bridgehead atoms. The monoisotopic (exact) mass is 278 g/mol. The Morgan fingerprint density at radius 1 is 1.55 bits per heavy atom. The van der Waals surface area contributed by atoms with Crippen molar-refractivity contribution in [3.63, 3.8) is 0 Å². The first kappa shape index (κ1) is 14.8. The number of pyridine rings is 1. The Bertz CT molecular complexity index is 431. The van der Waals surface area contributed by atoms with E-state index in [9.17, 15) is 4.79 Å². The van der Waals surface area contributed by atoms with E-state index in [1.807, 2.05) is 0 Å². The van der Waals surface area contributed by atoms with Crippen LogP contribution < -0.4 is 10.1 Å². The molecule has 1 atom stereocenters. The van der Waals surface area contributed by atoms with Crippen LogP contribution in [0.25, 0.3) is 0 Å². The minimum absolute atomic E-state index is 0.152. The number of carbonyl (C=O) groups excluding carboxylic acids is 1. The van der Waals surface area contributed by atoms with Gasteiger partial charge in [0.1, 0.15) is 11.4 Å². The second-order valence-corrected chi connectivity index (χ2v) is 4.97. The molecule has 1 aliphatic heterocycles. The maximum absolute atomic E-state index is 11.9. The molecule has 0 saturated carbocycles. The maximum Gasteiger partial charge on any atom is 0.270 e. The summed E-state index contributed by atoms with van der Waals surface area (Å²) in [6.45, 7) is 1.58. The van der Waals surface area contributed by atoms with Crippen molar-refractivity contribution < 1.29 is 14.3 Å². The number of aromatic nitrogens is 1. The number of hydrogen-bond donors (Lipinski definition) is 1. The summed E-state index contributed by atoms with van der Waals surface area (Å²) in [5.41, 5.74) is 0.392. The third-order valence-corrected chi connectivity index (χ3v) is 3.46. The average molecular weight is 278 g/mol. The number of nitrogens with zero attached hydrogens (tertiary/aromatic N) is 1. The number of hydrogen-bond acceptors (Lipinski definition) is 4. The molecule has 5 nitrogen and oxygen atoms in total. The van der Waals surface area contributed by atoms with Gasteiger partial charge in [0.25, 0.3) is 5.91 Å². The third-order valence-electron chi connectivity index (χ3n) is 3.46. The van der Waals surface area contributed by atoms with Crippen LogP contribution in [-0.4, -0.2) is 37.3 Å². The first-order valence-electron chi connectivity index (χ1n) is 7.19. The van der Waals surface area contributed by atoms with Crippen LogP contribution >= 0.6 is 0 Å². The number of methoxy groups -OCH3 is 1. The lowest BCUT2D eigenvalue weighted by molar-refractivity contribution is 0.0942. The highest BCUT2D eigenvalue weighted by atomic mass is 16.5. The number of nitrogens with one attached hydrogen (secondary N) is 1. The fraction of sp³-hybridized carbons (Fsp3) is 0.600. The van der Waals surface area contributed by atoms with Gasteiger partial charge in [0, 0.05) is 25.4 Å². The zero-order valence-electron chi connectivity index (χ0n) is 11.9. The van der Waals surface area contributed by atoms with Crippen LogP contribution in [0, 0.1) is 0 Å². The fourth-order valence-electron chi connectivity index (χ4n) is 2.32. The van der Waals surface area contributed by atoms with Crippen molar-refractivity contribution in [2.45, 2.75) is 38.2 Å². The molecular weight excluding hydrogens is 256 g/mol. The van der Waals surface area contributed by atoms with E-state index < -0.39 is 0 Å². The number of amides is 1. The van der Waals surface area contributed by atoms with Crippen LogP contribution in [0.15, 0.2) is 18.3 Å². The van der Waals surface area contributed by atoms with Crippen molar-refractivity contribution in [2.24, 2.45) is 0 Å². The summed E-state index contributed by atoms with van der Waals surface area (Å²) in [6.07, 6.45) is 7.51. The maximum atomic E-state index is 11.9. The first-order chi connectivity index (χ1) is 9.79. The number of ether oxygens (including phenoxy) is 2. The Morgan fingerprint density at radius 3 is 3.20 bits per heavy atom. The third kappa shape index (κ3) is 4.49. The summed E-state index contributed by atoms with van der Waals surface area (Å²) in [4.78, 5) is 15.9. The Morgan fingerprint density at radius 2 is 2.45 bits per heavy atom. The van der Waals surface area contributed by atoms with Crippen molar-refractivity contribution in [1.82, 2.24) is 10.3 Å². The minimum Gasteiger partial charge on any atom is -0.497 e. The first-order valence-corrected chi connectivity index (χ1v) is 7.19. The molecule has 1 saturated heterocycles. The van der Waals surface area contributed by atoms with Crippen molar-refractivity contribution in [3.8, 4) is 5.75 Å². The molecule has 1 aromatic heterocycles. The van der Waals surface area contributed by atoms with Gasteiger partial charge in [-0.3, -0.25) is 9.78 Å². The lowest BCUT2D eigenvalue weighted by atomic mass is 10.1. The molecule has 2 rings (SSSR count). The van der Waals surface area contributed by atoms with E-state index in [1.165, 1.54) is 12.8 Å². The molecule has 1 aromatic rings. The molecule has 5 heteroatoms. The summed E-state index contributed by atoms with van der Waals surface area (Å²) in [7, 11) is 1.57. The Kier molecular flexibility index (Phi) is 5.80. The van der Waals surface area contributed by atoms with Crippen LogP contribution in [0.1, 0.15) is 42.6 Å². The zero-order chi connectivity index (χ0) is 14.2. The highest BCUT2D eigenvalue weighted by Gasteiger charge is 2.14. The van der Waals surface area contributed by atoms with Gasteiger partial charge in [-0.15, -0.1) is 0 Å². The Labute approximate surface area is 119 Å². The van der Waals surface area contributed by atoms with Gasteiger partial charge in [-0.05, 0) is 38.2 Å². The highest BCUT2D eigenvalue weighted by molar-refractivity contribution is 5.92. The molecule has 110 valence electrons. The molecule has 1 aliphatic rings. The van der Waals surface area contributed by atoms with Gasteiger partial charge >= 0.3 is 0 Å². The fourth-order valence-corrected chi connectivity index (χ4v) is 2.32. The quantitative estimate of drug-likeness (QED) is 0.777. The molecule has 0 aromatic carbocycles. The van der Waals surface area contributed by atoms with Crippen molar-refractivity contribution in [3.05, 3.63) is 24.0 Å². The predicted molar refractivity (Wildman–Crippen MR) is 75.9 cm³/mol. The Hall–Kier alpha value is -1.62. The molecule has 0 radical (unpaired) electrons. The van der Waals surface area contributed by atoms with Crippen LogP contribution in [-0.2, 0) is 4.74 Å². The van der Waals surface area contributed by atoms with E-state index in [0.717, 1.165) is 25.9 Å². The average Bonchev–Trinajstić information content (AvgIpc) is 3.00. The van der Waals surface area contributed by atoms with E-state index in [2.05, 4.69) is 10.3 Å². The van der Waals surface area contributed by atoms with Gasteiger partial charge in [-0.2, -0.15) is 0 Å². The molecule has 1 fully saturated rings. The second-order valence-electron chi connectivity index (χ2n) is 4.97. The summed E-state index contributed by atoms with van der Waals surface area (Å²) >= 11 is 0. The molecule has 0 aliphatic carbocycles. The summed E-state index contributed by atoms with van der Waals surface area (Å²) < 4.78 is 10.6. The van der Waals surface area contributed by atoms with Crippen LogP contribution in [0.2, 0.25) is 0 Å². The van der Waals surface area contributed by atoms with Gasteiger partial charge in [0.15, 0.2) is 0 Å². The van der Waals surface area contributed by atoms with E-state index in [1.54, 1.807) is 25.4 Å². The molecule has 2 heterocycles. The highest BCUT2D eigenvalue weighted by Crippen LogP contribution is 2.17. The second kappa shape index (κ2) is 7.85. The van der Waals surface area contributed by atoms with Gasteiger partial charge < -0.3 is 14.8 Å². The van der Waals surface area contributed by atoms with Crippen molar-refractivity contribution >= 4 is 5.91 Å². The minimum atomic E-state index is -0.152. The molecule has 0 spiro atoms. The molecule has 1 amide bonds. The number of rotatable bonds is 7. The lowest BCUT2D eigenvalue weighted by Gasteiger charge is -2.09. The predicted octanol–water partition coefficient (Wildman–Crippen LogP) is 2.17. The number of carbonyl (C=O) groups is 1. The molecule has 1 N–H and O–H groups in total. The van der Waals surface area contributed by atoms with Crippen LogP contribution in [0.5, 0.6) is 5.75 Å². The van der Waals surface area contributed by atoms with Crippen molar-refractivity contribution in [2.75, 3.05) is 20.3 Å². The normalized spacial score (nSPS) is 17.9. The molecule has 1 unspecified atom stereocenters. The van der Waals surface area contributed by atoms with Gasteiger partial charge in [-0.25, -0.2) is 0 Å². The van der Waals surface area contributed by atoms with Gasteiger partial charge in [0.05, 0.1) is 13.2 Å². The molecule has 20 heavy (non-hydrogen) atoms. The van der Waals surface area contributed by atoms with E-state index in [0.29, 0.717) is 24.1 Å². The van der Waals surface area contributed by atoms with E-state index in [-0.39, 0.29) is 5.91 Å². The lowest BCUT2D eigenvalue weighted by Crippen LogP contribution is -2.25. The van der Waals surface area contributed by atoms with Crippen LogP contribution in [0.4, 0.5) is 0 Å². The van der Waals surface area contributed by atoms with Crippen LogP contribution in [0.3, 0.4) is 0 Å². The van der Waals surface area contributed by atoms with E-state index in [4.69, 9.17) is 9.47 Å². The SMILES string of the molecule is COc1ccnc(C(=O)NCCCCC2CCCO2)c1. The van der Waals surface area contributed by atoms with Gasteiger partial charge in [0.2, 0.25) is 0 Å². The largest absolute Gasteiger partial charge is 0.497 e. The smallest absolute Gasteiger partial charge is 0.270 e. The van der Waals surface area contributed by atoms with Gasteiger partial charge in [-0.1, -0.05) is 0 Å². The molecular formula is C15H22N2O3. The van der Waals surface area contributed by atoms with Crippen molar-refractivity contribution in [1.29, 1.82) is 0 Å². The summed E-state index contributed by atoms with van der Waals surface area (Å²) in [5, 5.41) is 2.88. The summed E-state index contributed by atoms with van der Waals surface area (Å²) in [5.74, 6) is 0.490. The standard InChI is InChI=1S/C15H22N2O3/c1-19-13-7-9-16-14(11-13)15(18)17-8-3-2-5-12-6-4-10-20-12/h7,9,11-12H,2-6,8,10H2,1H3,(H,17,18). The Balaban J connectivity index is 1.64. The van der Waals surface area contributed by atoms with E-state index >= 15 is 0 Å². The topological polar surface area (TPSA) is 60.5 Å².